The van der Waals surface area contributed by atoms with E-state index in [9.17, 15) is 19.5 Å². The molecule has 83 heavy (non-hydrogen) atoms. The molecule has 0 heterocycles. The number of carboxylic acids is 1. The first-order valence-electron chi connectivity index (χ1n) is 32.6. The van der Waals surface area contributed by atoms with Gasteiger partial charge in [-0.05, 0) is 128 Å². The van der Waals surface area contributed by atoms with Crippen LogP contribution in [0.25, 0.3) is 0 Å². The molecule has 0 aromatic heterocycles. The lowest BCUT2D eigenvalue weighted by Gasteiger charge is -2.26. The molecule has 0 spiro atoms. The maximum atomic E-state index is 12.9. The van der Waals surface area contributed by atoms with Crippen LogP contribution in [-0.4, -0.2) is 82.3 Å². The van der Waals surface area contributed by atoms with Crippen LogP contribution in [-0.2, 0) is 33.3 Å². The second kappa shape index (κ2) is 62.9. The van der Waals surface area contributed by atoms with Crippen molar-refractivity contribution in [2.24, 2.45) is 0 Å². The lowest BCUT2D eigenvalue weighted by molar-refractivity contribution is -0.870. The van der Waals surface area contributed by atoms with Crippen molar-refractivity contribution in [3.05, 3.63) is 158 Å². The minimum atomic E-state index is -1.64. The van der Waals surface area contributed by atoms with Gasteiger partial charge in [-0.1, -0.05) is 249 Å². The van der Waals surface area contributed by atoms with E-state index in [2.05, 4.69) is 172 Å². The van der Waals surface area contributed by atoms with E-state index in [-0.39, 0.29) is 38.6 Å². The molecule has 0 fully saturated rings. The Hall–Kier alpha value is -5.09. The van der Waals surface area contributed by atoms with Gasteiger partial charge >= 0.3 is 11.9 Å². The van der Waals surface area contributed by atoms with Crippen LogP contribution in [0.3, 0.4) is 0 Å². The van der Waals surface area contributed by atoms with Gasteiger partial charge in [0, 0.05) is 12.8 Å². The van der Waals surface area contributed by atoms with Gasteiger partial charge in [0.2, 0.25) is 0 Å². The summed E-state index contributed by atoms with van der Waals surface area (Å²) in [6, 6.07) is 0. The average Bonchev–Trinajstić information content (AvgIpc) is 3.46. The third-order valence-corrected chi connectivity index (χ3v) is 13.3. The van der Waals surface area contributed by atoms with Gasteiger partial charge in [-0.3, -0.25) is 9.59 Å². The predicted molar refractivity (Wildman–Crippen MR) is 352 cm³/mol. The molecular formula is C74H119NO8. The van der Waals surface area contributed by atoms with E-state index in [0.717, 1.165) is 135 Å². The van der Waals surface area contributed by atoms with E-state index in [0.29, 0.717) is 17.4 Å². The van der Waals surface area contributed by atoms with E-state index in [1.54, 1.807) is 0 Å². The van der Waals surface area contributed by atoms with Crippen molar-refractivity contribution in [2.75, 3.05) is 47.5 Å². The Morgan fingerprint density at radius 3 is 1.02 bits per heavy atom. The Balaban J connectivity index is 4.21. The van der Waals surface area contributed by atoms with E-state index in [4.69, 9.17) is 18.9 Å². The number of rotatable bonds is 58. The fraction of sp³-hybridized carbons (Fsp3) is 0.608. The van der Waals surface area contributed by atoms with Crippen LogP contribution in [0.1, 0.15) is 232 Å². The Morgan fingerprint density at radius 2 is 0.687 bits per heavy atom. The van der Waals surface area contributed by atoms with Crippen molar-refractivity contribution in [2.45, 2.75) is 245 Å². The average molecular weight is 1150 g/mol. The molecule has 468 valence electrons. The molecule has 0 radical (unpaired) electrons. The Bertz CT molecular complexity index is 1920. The summed E-state index contributed by atoms with van der Waals surface area (Å²) in [7, 11) is 5.91. The number of hydrogen-bond donors (Lipinski definition) is 0. The highest BCUT2D eigenvalue weighted by atomic mass is 16.7. The molecule has 0 rings (SSSR count). The van der Waals surface area contributed by atoms with Crippen LogP contribution in [0.4, 0.5) is 0 Å². The van der Waals surface area contributed by atoms with Gasteiger partial charge in [0.05, 0.1) is 40.3 Å². The molecule has 0 bridgehead atoms. The molecule has 0 aliphatic carbocycles. The number of allylic oxidation sites excluding steroid dienone is 26. The molecule has 0 aromatic rings. The monoisotopic (exact) mass is 1150 g/mol. The number of carbonyl (C=O) groups is 3. The zero-order chi connectivity index (χ0) is 60.5. The van der Waals surface area contributed by atoms with Crippen LogP contribution in [0.5, 0.6) is 0 Å². The fourth-order valence-electron chi connectivity index (χ4n) is 8.28. The van der Waals surface area contributed by atoms with Crippen molar-refractivity contribution < 1.29 is 42.9 Å². The molecule has 9 nitrogen and oxygen atoms in total. The number of quaternary nitrogens is 1. The molecule has 0 saturated carbocycles. The highest BCUT2D eigenvalue weighted by molar-refractivity contribution is 5.70. The van der Waals surface area contributed by atoms with Gasteiger partial charge in [-0.15, -0.1) is 0 Å². The van der Waals surface area contributed by atoms with E-state index in [1.807, 2.05) is 21.1 Å². The van der Waals surface area contributed by atoms with Crippen molar-refractivity contribution in [1.82, 2.24) is 0 Å². The second-order valence-corrected chi connectivity index (χ2v) is 22.3. The minimum Gasteiger partial charge on any atom is -0.545 e. The molecule has 2 atom stereocenters. The number of esters is 2. The lowest BCUT2D eigenvalue weighted by atomic mass is 10.1. The van der Waals surface area contributed by atoms with E-state index >= 15 is 0 Å². The first-order chi connectivity index (χ1) is 40.6. The molecule has 0 N–H and O–H groups in total. The minimum absolute atomic E-state index is 0.136. The first-order valence-corrected chi connectivity index (χ1v) is 32.6. The largest absolute Gasteiger partial charge is 0.545 e. The van der Waals surface area contributed by atoms with Crippen LogP contribution < -0.4 is 5.11 Å². The van der Waals surface area contributed by atoms with Gasteiger partial charge in [0.1, 0.15) is 13.2 Å². The topological polar surface area (TPSA) is 111 Å². The van der Waals surface area contributed by atoms with Gasteiger partial charge in [0.15, 0.2) is 12.4 Å². The number of carboxylic acid groups (broad SMARTS) is 1. The summed E-state index contributed by atoms with van der Waals surface area (Å²) in [4.78, 5) is 37.3. The zero-order valence-corrected chi connectivity index (χ0v) is 53.2. The van der Waals surface area contributed by atoms with Crippen LogP contribution in [0, 0.1) is 0 Å². The van der Waals surface area contributed by atoms with Crippen molar-refractivity contribution in [3.8, 4) is 0 Å². The SMILES string of the molecule is CC/C=C\C/C=C\C/C=C\C/C=C\C/C=C\C/C=C\C/C=C\C/C=C\C/C=C\C/C=C\C/C=C\CCCCCCCCCC(=O)OC(COC(=O)CCCCCCCCC/C=C\C/C=C\CCCCC)COC(OCC[N+](C)(C)C)C(=O)[O-]. The van der Waals surface area contributed by atoms with E-state index < -0.39 is 24.3 Å². The third-order valence-electron chi connectivity index (χ3n) is 13.3. The van der Waals surface area contributed by atoms with Crippen molar-refractivity contribution in [3.63, 3.8) is 0 Å². The summed E-state index contributed by atoms with van der Waals surface area (Å²) >= 11 is 0. The van der Waals surface area contributed by atoms with Gasteiger partial charge in [-0.25, -0.2) is 0 Å². The summed E-state index contributed by atoms with van der Waals surface area (Å²) in [5, 5.41) is 11.8. The molecular weight excluding hydrogens is 1030 g/mol. The molecule has 0 aromatic carbocycles. The number of aliphatic carboxylic acids is 1. The Kier molecular flexibility index (Phi) is 59.1. The van der Waals surface area contributed by atoms with E-state index in [1.165, 1.54) is 64.2 Å². The number of nitrogens with zero attached hydrogens (tertiary/aromatic N) is 1. The number of unbranched alkanes of at least 4 members (excludes halogenated alkanes) is 17. The summed E-state index contributed by atoms with van der Waals surface area (Å²) in [6.45, 7) is 4.57. The predicted octanol–water partition coefficient (Wildman–Crippen LogP) is 18.8. The van der Waals surface area contributed by atoms with Crippen molar-refractivity contribution in [1.29, 1.82) is 0 Å². The molecule has 0 aliphatic heterocycles. The first kappa shape index (κ1) is 77.9. The Labute approximate surface area is 508 Å². The molecule has 2 unspecified atom stereocenters. The fourth-order valence-corrected chi connectivity index (χ4v) is 8.28. The Morgan fingerprint density at radius 1 is 0.373 bits per heavy atom. The maximum Gasteiger partial charge on any atom is 0.306 e. The lowest BCUT2D eigenvalue weighted by Crippen LogP contribution is -2.44. The number of likely N-dealkylation sites (N-methyl/N-ethyl adjacent to an activating group) is 1. The number of ether oxygens (including phenoxy) is 4. The molecule has 0 saturated heterocycles. The van der Waals surface area contributed by atoms with Gasteiger partial charge in [-0.2, -0.15) is 0 Å². The van der Waals surface area contributed by atoms with Crippen LogP contribution in [0.2, 0.25) is 0 Å². The number of carbonyl (C=O) groups excluding carboxylic acids is 3. The van der Waals surface area contributed by atoms with Gasteiger partial charge < -0.3 is 33.3 Å². The highest BCUT2D eigenvalue weighted by Gasteiger charge is 2.22. The summed E-state index contributed by atoms with van der Waals surface area (Å²) < 4.78 is 22.7. The van der Waals surface area contributed by atoms with Crippen molar-refractivity contribution >= 4 is 17.9 Å². The quantitative estimate of drug-likeness (QED) is 0.0195. The second-order valence-electron chi connectivity index (χ2n) is 22.3. The molecule has 0 amide bonds. The number of hydrogen-bond acceptors (Lipinski definition) is 8. The van der Waals surface area contributed by atoms with Gasteiger partial charge in [0.25, 0.3) is 0 Å². The van der Waals surface area contributed by atoms with Crippen LogP contribution in [0.15, 0.2) is 158 Å². The summed E-state index contributed by atoms with van der Waals surface area (Å²) in [5.74, 6) is -2.32. The highest BCUT2D eigenvalue weighted by Crippen LogP contribution is 2.14. The molecule has 0 aliphatic rings. The maximum absolute atomic E-state index is 12.9. The molecule has 9 heteroatoms. The van der Waals surface area contributed by atoms with Crippen LogP contribution >= 0.6 is 0 Å². The summed E-state index contributed by atoms with van der Waals surface area (Å²) in [6.07, 6.45) is 90.2. The standard InChI is InChI=1S/C74H119NO8/c1-6-8-10-12-14-16-18-20-22-24-25-26-27-28-29-30-31-32-33-34-35-36-37-38-39-40-41-42-43-44-45-46-47-49-51-53-55-57-59-61-63-65-72(77)83-70(69-82-74(73(78)79)80-67-66-75(3,4)5)68-81-71(76)64-62-60-58-56-54-52-50-48-23-21-19-17-15-13-11-9-7-2/h8,10,14-17,20-23,25-26,28-29,31-32,34-35,37-38,40-41,43-44,46-47,70,74H,6-7,9,11-13,18-19,24,27,30,33,36,39,42,45,48-69H2,1-5H3/b10-8-,16-14-,17-15-,22-20-,23-21-,26-25-,29-28-,32-31-,35-34-,38-37-,41-40-,44-43-,47-46-. The third kappa shape index (κ3) is 64.3. The zero-order valence-electron chi connectivity index (χ0n) is 53.2. The smallest absolute Gasteiger partial charge is 0.306 e. The normalized spacial score (nSPS) is 13.8. The summed E-state index contributed by atoms with van der Waals surface area (Å²) in [5.41, 5.74) is 0.